The number of likely N-dealkylation sites (tertiary alicyclic amines) is 1. The van der Waals surface area contributed by atoms with E-state index in [-0.39, 0.29) is 17.9 Å². The third-order valence-corrected chi connectivity index (χ3v) is 7.06. The molecule has 2 amide bonds. The molecule has 1 aliphatic heterocycles. The van der Waals surface area contributed by atoms with E-state index in [1.54, 1.807) is 29.7 Å². The second kappa shape index (κ2) is 12.1. The fourth-order valence-electron chi connectivity index (χ4n) is 4.99. The normalized spacial score (nSPS) is 18.3. The maximum atomic E-state index is 13.4. The average Bonchev–Trinajstić information content (AvgIpc) is 3.23. The maximum absolute atomic E-state index is 13.4. The number of amides is 2. The number of nitrogens with two attached hydrogens (primary N) is 1. The lowest BCUT2D eigenvalue weighted by molar-refractivity contribution is -0.144. The number of rotatable bonds is 11. The molecule has 2 heterocycles. The Morgan fingerprint density at radius 3 is 2.51 bits per heavy atom. The van der Waals surface area contributed by atoms with Gasteiger partial charge < -0.3 is 20.1 Å². The van der Waals surface area contributed by atoms with E-state index in [0.29, 0.717) is 43.9 Å². The summed E-state index contributed by atoms with van der Waals surface area (Å²) >= 11 is 0. The van der Waals surface area contributed by atoms with Gasteiger partial charge in [0.05, 0.1) is 23.9 Å². The number of carbonyl (C=O) groups excluding carboxylic acids is 2. The Morgan fingerprint density at radius 1 is 1.13 bits per heavy atom. The Kier molecular flexibility index (Phi) is 8.84. The highest BCUT2D eigenvalue weighted by Crippen LogP contribution is 2.34. The summed E-state index contributed by atoms with van der Waals surface area (Å²) < 4.78 is 11.9. The SMILES string of the molecule is CC(C)CC(C(=O)NO)N1CCC(N)(c2ccc(OCc3cc(COC(C)C)nc4ccccc34)cc2)C1=O. The van der Waals surface area contributed by atoms with Crippen LogP contribution < -0.4 is 16.0 Å². The summed E-state index contributed by atoms with van der Waals surface area (Å²) in [5.74, 6) is -0.138. The van der Waals surface area contributed by atoms with E-state index in [9.17, 15) is 14.8 Å². The summed E-state index contributed by atoms with van der Waals surface area (Å²) in [5.41, 5.74) is 10.4. The second-order valence-electron chi connectivity index (χ2n) is 10.8. The number of pyridine rings is 1. The van der Waals surface area contributed by atoms with Gasteiger partial charge in [-0.05, 0) is 62.4 Å². The standard InChI is InChI=1S/C30H38N4O5/c1-19(2)15-27(28(35)33-37)34-14-13-30(31,29(34)36)22-9-11-24(12-10-22)39-17-21-16-23(18-38-20(3)4)32-26-8-6-5-7-25(21)26/h5-12,16,19-20,27,37H,13-15,17-18,31H2,1-4H3,(H,33,35). The lowest BCUT2D eigenvalue weighted by Crippen LogP contribution is -2.52. The molecule has 208 valence electrons. The Hall–Kier alpha value is -3.53. The van der Waals surface area contributed by atoms with Crippen LogP contribution >= 0.6 is 0 Å². The number of para-hydroxylation sites is 1. The smallest absolute Gasteiger partial charge is 0.266 e. The first kappa shape index (κ1) is 28.5. The molecule has 1 aromatic heterocycles. The lowest BCUT2D eigenvalue weighted by Gasteiger charge is -2.30. The predicted octanol–water partition coefficient (Wildman–Crippen LogP) is 4.05. The minimum absolute atomic E-state index is 0.106. The van der Waals surface area contributed by atoms with Crippen molar-refractivity contribution in [1.29, 1.82) is 0 Å². The summed E-state index contributed by atoms with van der Waals surface area (Å²) in [6.45, 7) is 9.00. The van der Waals surface area contributed by atoms with Crippen molar-refractivity contribution < 1.29 is 24.3 Å². The molecule has 4 rings (SSSR count). The fraction of sp³-hybridized carbons (Fsp3) is 0.433. The Morgan fingerprint density at radius 2 is 1.85 bits per heavy atom. The average molecular weight is 535 g/mol. The van der Waals surface area contributed by atoms with E-state index in [4.69, 9.17) is 20.2 Å². The van der Waals surface area contributed by atoms with Crippen molar-refractivity contribution in [3.63, 3.8) is 0 Å². The molecule has 1 aliphatic rings. The molecule has 3 aromatic rings. The van der Waals surface area contributed by atoms with Crippen LogP contribution in [-0.4, -0.2) is 45.6 Å². The molecule has 2 aromatic carbocycles. The van der Waals surface area contributed by atoms with Gasteiger partial charge in [-0.1, -0.05) is 44.2 Å². The molecular formula is C30H38N4O5. The molecule has 0 saturated carbocycles. The Bertz CT molecular complexity index is 1310. The van der Waals surface area contributed by atoms with E-state index in [0.717, 1.165) is 22.2 Å². The van der Waals surface area contributed by atoms with Crippen molar-refractivity contribution in [1.82, 2.24) is 15.4 Å². The van der Waals surface area contributed by atoms with Crippen molar-refractivity contribution in [3.8, 4) is 5.75 Å². The van der Waals surface area contributed by atoms with Gasteiger partial charge in [-0.25, -0.2) is 5.48 Å². The van der Waals surface area contributed by atoms with Crippen LogP contribution in [0.15, 0.2) is 54.6 Å². The van der Waals surface area contributed by atoms with Crippen molar-refractivity contribution >= 4 is 22.7 Å². The fourth-order valence-corrected chi connectivity index (χ4v) is 4.99. The molecule has 9 heteroatoms. The molecule has 0 aliphatic carbocycles. The van der Waals surface area contributed by atoms with Crippen LogP contribution in [0.25, 0.3) is 10.9 Å². The number of ether oxygens (including phenoxy) is 2. The van der Waals surface area contributed by atoms with E-state index in [1.807, 2.05) is 58.0 Å². The van der Waals surface area contributed by atoms with Gasteiger partial charge in [0.15, 0.2) is 0 Å². The minimum Gasteiger partial charge on any atom is -0.489 e. The van der Waals surface area contributed by atoms with Crippen LogP contribution in [0.2, 0.25) is 0 Å². The van der Waals surface area contributed by atoms with Crippen LogP contribution in [0, 0.1) is 5.92 Å². The third kappa shape index (κ3) is 6.38. The topological polar surface area (TPSA) is 127 Å². The summed E-state index contributed by atoms with van der Waals surface area (Å²) in [6, 6.07) is 16.4. The maximum Gasteiger partial charge on any atom is 0.266 e. The summed E-state index contributed by atoms with van der Waals surface area (Å²) in [7, 11) is 0. The first-order valence-corrected chi connectivity index (χ1v) is 13.4. The number of carbonyl (C=O) groups is 2. The van der Waals surface area contributed by atoms with Crippen LogP contribution in [0.1, 0.15) is 57.4 Å². The molecule has 2 unspecified atom stereocenters. The molecule has 0 bridgehead atoms. The van der Waals surface area contributed by atoms with Crippen molar-refractivity contribution in [2.75, 3.05) is 6.54 Å². The molecule has 4 N–H and O–H groups in total. The van der Waals surface area contributed by atoms with Gasteiger partial charge in [-0.3, -0.25) is 19.8 Å². The van der Waals surface area contributed by atoms with Crippen LogP contribution in [0.3, 0.4) is 0 Å². The molecule has 1 saturated heterocycles. The molecule has 39 heavy (non-hydrogen) atoms. The number of aromatic nitrogens is 1. The van der Waals surface area contributed by atoms with Gasteiger partial charge in [0, 0.05) is 17.5 Å². The van der Waals surface area contributed by atoms with Crippen LogP contribution in [0.4, 0.5) is 0 Å². The van der Waals surface area contributed by atoms with Crippen LogP contribution in [0.5, 0.6) is 5.75 Å². The molecule has 0 spiro atoms. The number of hydrogen-bond donors (Lipinski definition) is 3. The zero-order valence-corrected chi connectivity index (χ0v) is 23.0. The summed E-state index contributed by atoms with van der Waals surface area (Å²) in [4.78, 5) is 31.9. The van der Waals surface area contributed by atoms with Gasteiger partial charge in [0.2, 0.25) is 5.91 Å². The van der Waals surface area contributed by atoms with Crippen molar-refractivity contribution in [2.45, 2.75) is 71.4 Å². The lowest BCUT2D eigenvalue weighted by atomic mass is 9.89. The predicted molar refractivity (Wildman–Crippen MR) is 148 cm³/mol. The van der Waals surface area contributed by atoms with Gasteiger partial charge in [-0.2, -0.15) is 0 Å². The Balaban J connectivity index is 1.49. The first-order chi connectivity index (χ1) is 18.6. The van der Waals surface area contributed by atoms with Crippen LogP contribution in [-0.2, 0) is 33.1 Å². The zero-order chi connectivity index (χ0) is 28.2. The van der Waals surface area contributed by atoms with Gasteiger partial charge >= 0.3 is 0 Å². The molecule has 0 radical (unpaired) electrons. The summed E-state index contributed by atoms with van der Waals surface area (Å²) in [5, 5.41) is 10.2. The molecular weight excluding hydrogens is 496 g/mol. The van der Waals surface area contributed by atoms with Gasteiger partial charge in [0.1, 0.15) is 23.9 Å². The third-order valence-electron chi connectivity index (χ3n) is 7.06. The minimum atomic E-state index is -1.25. The van der Waals surface area contributed by atoms with Crippen molar-refractivity contribution in [3.05, 3.63) is 71.4 Å². The quantitative estimate of drug-likeness (QED) is 0.250. The number of nitrogens with one attached hydrogen (secondary N) is 1. The zero-order valence-electron chi connectivity index (χ0n) is 23.0. The van der Waals surface area contributed by atoms with Gasteiger partial charge in [-0.15, -0.1) is 0 Å². The first-order valence-electron chi connectivity index (χ1n) is 13.4. The number of nitrogens with zero attached hydrogens (tertiary/aromatic N) is 2. The van der Waals surface area contributed by atoms with E-state index >= 15 is 0 Å². The van der Waals surface area contributed by atoms with E-state index in [1.165, 1.54) is 4.90 Å². The van der Waals surface area contributed by atoms with E-state index < -0.39 is 17.5 Å². The van der Waals surface area contributed by atoms with Crippen molar-refractivity contribution in [2.24, 2.45) is 11.7 Å². The number of benzene rings is 2. The number of fused-ring (bicyclic) bond motifs is 1. The van der Waals surface area contributed by atoms with E-state index in [2.05, 4.69) is 0 Å². The molecule has 9 nitrogen and oxygen atoms in total. The second-order valence-corrected chi connectivity index (χ2v) is 10.8. The number of hydroxylamine groups is 1. The molecule has 1 fully saturated rings. The summed E-state index contributed by atoms with van der Waals surface area (Å²) in [6.07, 6.45) is 0.897. The highest BCUT2D eigenvalue weighted by Gasteiger charge is 2.48. The highest BCUT2D eigenvalue weighted by molar-refractivity contribution is 5.94. The monoisotopic (exact) mass is 534 g/mol. The highest BCUT2D eigenvalue weighted by atomic mass is 16.5. The van der Waals surface area contributed by atoms with Gasteiger partial charge in [0.25, 0.3) is 5.91 Å². The number of hydrogen-bond acceptors (Lipinski definition) is 7. The molecule has 2 atom stereocenters. The largest absolute Gasteiger partial charge is 0.489 e. The Labute approximate surface area is 229 Å².